The highest BCUT2D eigenvalue weighted by Gasteiger charge is 2.55. The maximum absolute atomic E-state index is 14.7. The summed E-state index contributed by atoms with van der Waals surface area (Å²) in [5.41, 5.74) is 1.00. The van der Waals surface area contributed by atoms with Crippen LogP contribution in [-0.2, 0) is 10.2 Å². The van der Waals surface area contributed by atoms with Crippen molar-refractivity contribution >= 4 is 11.6 Å². The van der Waals surface area contributed by atoms with Crippen LogP contribution in [0.4, 0.5) is 18.9 Å². The highest BCUT2D eigenvalue weighted by Crippen LogP contribution is 2.59. The molecule has 2 aromatic carbocycles. The van der Waals surface area contributed by atoms with Crippen molar-refractivity contribution in [1.82, 2.24) is 4.90 Å². The van der Waals surface area contributed by atoms with Crippen molar-refractivity contribution in [2.24, 2.45) is 17.8 Å². The fraction of sp³-hybridized carbons (Fsp3) is 0.480. The van der Waals surface area contributed by atoms with Crippen LogP contribution in [0.1, 0.15) is 43.4 Å². The van der Waals surface area contributed by atoms with Gasteiger partial charge in [0.25, 0.3) is 0 Å². The maximum Gasteiger partial charge on any atom is 0.225 e. The first-order chi connectivity index (χ1) is 15.3. The first-order valence-corrected chi connectivity index (χ1v) is 11.2. The SMILES string of the molecule is CC1(C2CC(C(=O)N3CC[C@H](CO)C3)C2)c2cc(F)cc(F)c2NC1c1ccc(F)cc1. The van der Waals surface area contributed by atoms with E-state index in [2.05, 4.69) is 5.32 Å². The van der Waals surface area contributed by atoms with Gasteiger partial charge in [0.15, 0.2) is 0 Å². The Morgan fingerprint density at radius 3 is 2.53 bits per heavy atom. The second-order valence-electron chi connectivity index (χ2n) is 9.71. The van der Waals surface area contributed by atoms with E-state index in [1.807, 2.05) is 11.8 Å². The third-order valence-corrected chi connectivity index (χ3v) is 7.92. The summed E-state index contributed by atoms with van der Waals surface area (Å²) in [7, 11) is 0. The Bertz CT molecular complexity index is 1040. The average Bonchev–Trinajstić information content (AvgIpc) is 3.32. The van der Waals surface area contributed by atoms with Crippen LogP contribution in [-0.4, -0.2) is 35.6 Å². The first-order valence-electron chi connectivity index (χ1n) is 11.2. The number of aliphatic hydroxyl groups is 1. The molecule has 0 bridgehead atoms. The third-order valence-electron chi connectivity index (χ3n) is 7.92. The number of carbonyl (C=O) groups excluding carboxylic acids is 1. The Balaban J connectivity index is 1.43. The molecule has 2 aliphatic heterocycles. The summed E-state index contributed by atoms with van der Waals surface area (Å²) < 4.78 is 42.4. The molecule has 2 heterocycles. The number of nitrogens with one attached hydrogen (secondary N) is 1. The fourth-order valence-electron chi connectivity index (χ4n) is 5.88. The molecule has 0 spiro atoms. The molecule has 4 nitrogen and oxygen atoms in total. The third kappa shape index (κ3) is 3.29. The monoisotopic (exact) mass is 444 g/mol. The van der Waals surface area contributed by atoms with Gasteiger partial charge in [-0.3, -0.25) is 4.79 Å². The van der Waals surface area contributed by atoms with Crippen molar-refractivity contribution in [2.75, 3.05) is 25.0 Å². The molecule has 2 aromatic rings. The molecule has 0 aromatic heterocycles. The number of aliphatic hydroxyl groups excluding tert-OH is 1. The van der Waals surface area contributed by atoms with Gasteiger partial charge in [0.05, 0.1) is 11.7 Å². The molecule has 1 amide bonds. The second kappa shape index (κ2) is 7.80. The summed E-state index contributed by atoms with van der Waals surface area (Å²) in [5, 5.41) is 12.6. The molecule has 2 fully saturated rings. The van der Waals surface area contributed by atoms with E-state index in [0.29, 0.717) is 31.5 Å². The highest BCUT2D eigenvalue weighted by atomic mass is 19.1. The summed E-state index contributed by atoms with van der Waals surface area (Å²) >= 11 is 0. The molecule has 1 saturated heterocycles. The highest BCUT2D eigenvalue weighted by molar-refractivity contribution is 5.80. The van der Waals surface area contributed by atoms with Gasteiger partial charge in [-0.2, -0.15) is 0 Å². The minimum Gasteiger partial charge on any atom is -0.396 e. The fourth-order valence-corrected chi connectivity index (χ4v) is 5.88. The number of fused-ring (bicyclic) bond motifs is 1. The van der Waals surface area contributed by atoms with E-state index in [1.54, 1.807) is 12.1 Å². The Morgan fingerprint density at radius 2 is 1.88 bits per heavy atom. The number of anilines is 1. The zero-order valence-corrected chi connectivity index (χ0v) is 18.0. The van der Waals surface area contributed by atoms with Crippen molar-refractivity contribution in [3.05, 3.63) is 65.0 Å². The zero-order chi connectivity index (χ0) is 22.6. The van der Waals surface area contributed by atoms with Gasteiger partial charge < -0.3 is 15.3 Å². The summed E-state index contributed by atoms with van der Waals surface area (Å²) in [4.78, 5) is 14.8. The van der Waals surface area contributed by atoms with Gasteiger partial charge >= 0.3 is 0 Å². The van der Waals surface area contributed by atoms with Crippen molar-refractivity contribution in [3.63, 3.8) is 0 Å². The van der Waals surface area contributed by atoms with E-state index in [0.717, 1.165) is 18.1 Å². The maximum atomic E-state index is 14.7. The van der Waals surface area contributed by atoms with Gasteiger partial charge in [-0.15, -0.1) is 0 Å². The van der Waals surface area contributed by atoms with Gasteiger partial charge in [0.2, 0.25) is 5.91 Å². The number of carbonyl (C=O) groups is 1. The number of halogens is 3. The Morgan fingerprint density at radius 1 is 1.16 bits per heavy atom. The van der Waals surface area contributed by atoms with Crippen LogP contribution in [0.5, 0.6) is 0 Å². The molecular formula is C25H27F3N2O2. The van der Waals surface area contributed by atoms with Gasteiger partial charge in [-0.1, -0.05) is 19.1 Å². The lowest BCUT2D eigenvalue weighted by Gasteiger charge is -2.48. The molecule has 5 rings (SSSR count). The van der Waals surface area contributed by atoms with Crippen molar-refractivity contribution in [2.45, 2.75) is 37.6 Å². The van der Waals surface area contributed by atoms with Gasteiger partial charge in [0.1, 0.15) is 17.5 Å². The van der Waals surface area contributed by atoms with Crippen LogP contribution >= 0.6 is 0 Å². The number of benzene rings is 2. The molecule has 32 heavy (non-hydrogen) atoms. The standard InChI is InChI=1S/C25H27F3N2O2/c1-25(17-8-16(9-17)24(32)30-7-6-14(12-30)13-31)20-10-19(27)11-21(28)22(20)29-23(25)15-2-4-18(26)5-3-15/h2-5,10-11,14,16-17,23,29,31H,6-9,12-13H2,1H3/t14-,16?,17?,23?,25?/m0/s1. The molecule has 2 N–H and O–H groups in total. The number of hydrogen-bond donors (Lipinski definition) is 2. The Hall–Kier alpha value is -2.54. The Kier molecular flexibility index (Phi) is 5.19. The number of likely N-dealkylation sites (tertiary alicyclic amines) is 1. The van der Waals surface area contributed by atoms with E-state index in [9.17, 15) is 23.1 Å². The number of nitrogens with zero attached hydrogens (tertiary/aromatic N) is 1. The predicted molar refractivity (Wildman–Crippen MR) is 114 cm³/mol. The van der Waals surface area contributed by atoms with Crippen LogP contribution in [0, 0.1) is 35.2 Å². The first kappa shape index (κ1) is 21.3. The lowest BCUT2D eigenvalue weighted by atomic mass is 9.56. The van der Waals surface area contributed by atoms with Crippen molar-refractivity contribution in [1.29, 1.82) is 0 Å². The quantitative estimate of drug-likeness (QED) is 0.735. The topological polar surface area (TPSA) is 52.6 Å². The van der Waals surface area contributed by atoms with E-state index < -0.39 is 17.0 Å². The summed E-state index contributed by atoms with van der Waals surface area (Å²) in [5.74, 6) is -1.46. The number of amides is 1. The molecule has 7 heteroatoms. The number of hydrogen-bond acceptors (Lipinski definition) is 3. The van der Waals surface area contributed by atoms with E-state index in [1.165, 1.54) is 18.2 Å². The van der Waals surface area contributed by atoms with Gasteiger partial charge in [-0.25, -0.2) is 13.2 Å². The molecule has 2 unspecified atom stereocenters. The molecule has 170 valence electrons. The zero-order valence-electron chi connectivity index (χ0n) is 18.0. The lowest BCUT2D eigenvalue weighted by molar-refractivity contribution is -0.140. The second-order valence-corrected chi connectivity index (χ2v) is 9.71. The van der Waals surface area contributed by atoms with E-state index in [4.69, 9.17) is 0 Å². The molecule has 0 radical (unpaired) electrons. The predicted octanol–water partition coefficient (Wildman–Crippen LogP) is 4.40. The largest absolute Gasteiger partial charge is 0.396 e. The smallest absolute Gasteiger partial charge is 0.225 e. The van der Waals surface area contributed by atoms with Gasteiger partial charge in [-0.05, 0) is 54.5 Å². The molecule has 3 aliphatic rings. The minimum atomic E-state index is -0.647. The minimum absolute atomic E-state index is 0.0395. The van der Waals surface area contributed by atoms with Crippen LogP contribution in [0.3, 0.4) is 0 Å². The van der Waals surface area contributed by atoms with E-state index >= 15 is 0 Å². The van der Waals surface area contributed by atoms with Crippen molar-refractivity contribution in [3.8, 4) is 0 Å². The van der Waals surface area contributed by atoms with E-state index in [-0.39, 0.29) is 47.8 Å². The normalized spacial score (nSPS) is 31.2. The molecule has 1 aliphatic carbocycles. The average molecular weight is 444 g/mol. The molecular weight excluding hydrogens is 417 g/mol. The Labute approximate surface area is 185 Å². The van der Waals surface area contributed by atoms with Crippen LogP contribution in [0.15, 0.2) is 36.4 Å². The summed E-state index contributed by atoms with van der Waals surface area (Å²) in [6.07, 6.45) is 2.08. The summed E-state index contributed by atoms with van der Waals surface area (Å²) in [6.45, 7) is 3.34. The van der Waals surface area contributed by atoms with Crippen LogP contribution in [0.2, 0.25) is 0 Å². The lowest BCUT2D eigenvalue weighted by Crippen LogP contribution is -2.49. The number of rotatable bonds is 4. The molecule has 3 atom stereocenters. The van der Waals surface area contributed by atoms with Crippen molar-refractivity contribution < 1.29 is 23.1 Å². The van der Waals surface area contributed by atoms with Gasteiger partial charge in [0, 0.05) is 43.0 Å². The van der Waals surface area contributed by atoms with Crippen LogP contribution in [0.25, 0.3) is 0 Å². The van der Waals surface area contributed by atoms with Crippen LogP contribution < -0.4 is 5.32 Å². The summed E-state index contributed by atoms with van der Waals surface area (Å²) in [6, 6.07) is 7.98. The molecule has 1 saturated carbocycles.